The Morgan fingerprint density at radius 2 is 2.00 bits per heavy atom. The number of hydrogen-bond acceptors (Lipinski definition) is 2. The van der Waals surface area contributed by atoms with Gasteiger partial charge in [-0.2, -0.15) is 0 Å². The molecule has 1 aromatic rings. The zero-order valence-corrected chi connectivity index (χ0v) is 11.6. The van der Waals surface area contributed by atoms with E-state index in [9.17, 15) is 9.59 Å². The molecule has 5 heteroatoms. The van der Waals surface area contributed by atoms with E-state index in [1.165, 1.54) is 5.56 Å². The first kappa shape index (κ1) is 14.4. The number of hydrogen-bond donors (Lipinski definition) is 2. The van der Waals surface area contributed by atoms with Crippen LogP contribution in [0.2, 0.25) is 0 Å². The van der Waals surface area contributed by atoms with Crippen molar-refractivity contribution in [2.75, 3.05) is 19.6 Å². The molecular formula is C15H20N2O3. The largest absolute Gasteiger partial charge is 0.481 e. The van der Waals surface area contributed by atoms with Crippen LogP contribution in [0.15, 0.2) is 30.3 Å². The van der Waals surface area contributed by atoms with Crippen molar-refractivity contribution in [2.24, 2.45) is 11.8 Å². The lowest BCUT2D eigenvalue weighted by Gasteiger charge is -2.16. The highest BCUT2D eigenvalue weighted by molar-refractivity contribution is 5.77. The third-order valence-corrected chi connectivity index (χ3v) is 3.75. The van der Waals surface area contributed by atoms with E-state index in [2.05, 4.69) is 5.32 Å². The summed E-state index contributed by atoms with van der Waals surface area (Å²) in [6.45, 7) is 3.24. The second-order valence-electron chi connectivity index (χ2n) is 5.29. The van der Waals surface area contributed by atoms with Gasteiger partial charge in [0.25, 0.3) is 0 Å². The summed E-state index contributed by atoms with van der Waals surface area (Å²) in [7, 11) is 0. The number of rotatable bonds is 4. The van der Waals surface area contributed by atoms with E-state index in [-0.39, 0.29) is 11.9 Å². The Morgan fingerprint density at radius 1 is 1.30 bits per heavy atom. The van der Waals surface area contributed by atoms with Gasteiger partial charge in [-0.25, -0.2) is 4.79 Å². The molecule has 2 N–H and O–H groups in total. The van der Waals surface area contributed by atoms with Crippen LogP contribution in [0.25, 0.3) is 0 Å². The van der Waals surface area contributed by atoms with Crippen molar-refractivity contribution in [1.29, 1.82) is 0 Å². The Hall–Kier alpha value is -2.04. The zero-order chi connectivity index (χ0) is 14.5. The van der Waals surface area contributed by atoms with Gasteiger partial charge in [0.1, 0.15) is 0 Å². The van der Waals surface area contributed by atoms with Crippen LogP contribution in [-0.4, -0.2) is 41.6 Å². The Kier molecular flexibility index (Phi) is 4.61. The van der Waals surface area contributed by atoms with Crippen molar-refractivity contribution in [1.82, 2.24) is 10.2 Å². The minimum Gasteiger partial charge on any atom is -0.481 e. The van der Waals surface area contributed by atoms with Crippen molar-refractivity contribution in [3.63, 3.8) is 0 Å². The lowest BCUT2D eigenvalue weighted by Crippen LogP contribution is -2.39. The summed E-state index contributed by atoms with van der Waals surface area (Å²) in [6, 6.07) is 9.76. The number of nitrogens with zero attached hydrogens (tertiary/aromatic N) is 1. The standard InChI is InChI=1S/C15H20N2O3/c1-11-9-17(10-13(11)14(18)19)15(20)16-8-7-12-5-3-2-4-6-12/h2-6,11,13H,7-10H2,1H3,(H,16,20)(H,18,19)/t11-,13-/m1/s1. The number of amides is 2. The maximum atomic E-state index is 12.0. The van der Waals surface area contributed by atoms with Crippen LogP contribution in [-0.2, 0) is 11.2 Å². The number of nitrogens with one attached hydrogen (secondary N) is 1. The molecule has 0 bridgehead atoms. The molecule has 0 unspecified atom stereocenters. The topological polar surface area (TPSA) is 69.6 Å². The molecule has 1 aliphatic heterocycles. The van der Waals surface area contributed by atoms with Crippen LogP contribution in [0.5, 0.6) is 0 Å². The number of carbonyl (C=O) groups is 2. The number of carboxylic acids is 1. The van der Waals surface area contributed by atoms with Crippen LogP contribution in [0.3, 0.4) is 0 Å². The van der Waals surface area contributed by atoms with E-state index >= 15 is 0 Å². The molecule has 2 rings (SSSR count). The molecule has 0 aromatic heterocycles. The van der Waals surface area contributed by atoms with Crippen molar-refractivity contribution < 1.29 is 14.7 Å². The monoisotopic (exact) mass is 276 g/mol. The highest BCUT2D eigenvalue weighted by Crippen LogP contribution is 2.22. The minimum absolute atomic E-state index is 0.00683. The maximum Gasteiger partial charge on any atom is 0.317 e. The van der Waals surface area contributed by atoms with Crippen molar-refractivity contribution >= 4 is 12.0 Å². The van der Waals surface area contributed by atoms with Crippen LogP contribution >= 0.6 is 0 Å². The van der Waals surface area contributed by atoms with E-state index in [0.717, 1.165) is 6.42 Å². The van der Waals surface area contributed by atoms with E-state index in [4.69, 9.17) is 5.11 Å². The zero-order valence-electron chi connectivity index (χ0n) is 11.6. The minimum atomic E-state index is -0.822. The molecule has 1 saturated heterocycles. The van der Waals surface area contributed by atoms with Gasteiger partial charge in [-0.1, -0.05) is 37.3 Å². The third-order valence-electron chi connectivity index (χ3n) is 3.75. The van der Waals surface area contributed by atoms with Crippen LogP contribution in [0, 0.1) is 11.8 Å². The van der Waals surface area contributed by atoms with Gasteiger partial charge in [0.2, 0.25) is 0 Å². The predicted octanol–water partition coefficient (Wildman–Crippen LogP) is 1.59. The number of urea groups is 1. The Labute approximate surface area is 118 Å². The quantitative estimate of drug-likeness (QED) is 0.877. The number of benzene rings is 1. The normalized spacial score (nSPS) is 21.8. The highest BCUT2D eigenvalue weighted by Gasteiger charge is 2.36. The average Bonchev–Trinajstić information content (AvgIpc) is 2.82. The molecule has 0 radical (unpaired) electrons. The lowest BCUT2D eigenvalue weighted by molar-refractivity contribution is -0.142. The molecule has 1 fully saturated rings. The summed E-state index contributed by atoms with van der Waals surface area (Å²) >= 11 is 0. The van der Waals surface area contributed by atoms with Gasteiger partial charge in [-0.15, -0.1) is 0 Å². The van der Waals surface area contributed by atoms with Gasteiger partial charge >= 0.3 is 12.0 Å². The summed E-state index contributed by atoms with van der Waals surface area (Å²) in [5, 5.41) is 11.9. The molecule has 2 amide bonds. The Balaban J connectivity index is 1.77. The van der Waals surface area contributed by atoms with E-state index in [0.29, 0.717) is 19.6 Å². The smallest absolute Gasteiger partial charge is 0.317 e. The predicted molar refractivity (Wildman–Crippen MR) is 75.4 cm³/mol. The summed E-state index contributed by atoms with van der Waals surface area (Å²) in [4.78, 5) is 24.6. The second kappa shape index (κ2) is 6.41. The van der Waals surface area contributed by atoms with Crippen molar-refractivity contribution in [3.8, 4) is 0 Å². The lowest BCUT2D eigenvalue weighted by atomic mass is 9.99. The molecule has 5 nitrogen and oxygen atoms in total. The first-order valence-electron chi connectivity index (χ1n) is 6.87. The van der Waals surface area contributed by atoms with Crippen LogP contribution < -0.4 is 5.32 Å². The Bertz CT molecular complexity index is 475. The molecule has 20 heavy (non-hydrogen) atoms. The van der Waals surface area contributed by atoms with Crippen molar-refractivity contribution in [3.05, 3.63) is 35.9 Å². The Morgan fingerprint density at radius 3 is 2.60 bits per heavy atom. The van der Waals surface area contributed by atoms with Gasteiger partial charge in [0.05, 0.1) is 5.92 Å². The van der Waals surface area contributed by atoms with Gasteiger partial charge < -0.3 is 15.3 Å². The van der Waals surface area contributed by atoms with E-state index < -0.39 is 11.9 Å². The molecular weight excluding hydrogens is 256 g/mol. The molecule has 0 aliphatic carbocycles. The first-order valence-corrected chi connectivity index (χ1v) is 6.87. The summed E-state index contributed by atoms with van der Waals surface area (Å²) in [6.07, 6.45) is 0.776. The van der Waals surface area contributed by atoms with Gasteiger partial charge in [-0.05, 0) is 17.9 Å². The maximum absolute atomic E-state index is 12.0. The van der Waals surface area contributed by atoms with Crippen molar-refractivity contribution in [2.45, 2.75) is 13.3 Å². The van der Waals surface area contributed by atoms with Crippen LogP contribution in [0.1, 0.15) is 12.5 Å². The number of aliphatic carboxylic acids is 1. The number of carbonyl (C=O) groups excluding carboxylic acids is 1. The molecule has 1 heterocycles. The van der Waals surface area contributed by atoms with Crippen LogP contribution in [0.4, 0.5) is 4.79 Å². The van der Waals surface area contributed by atoms with E-state index in [1.54, 1.807) is 4.90 Å². The molecule has 2 atom stereocenters. The second-order valence-corrected chi connectivity index (χ2v) is 5.29. The molecule has 108 valence electrons. The number of likely N-dealkylation sites (tertiary alicyclic amines) is 1. The fourth-order valence-electron chi connectivity index (χ4n) is 2.52. The van der Waals surface area contributed by atoms with Gasteiger partial charge in [0.15, 0.2) is 0 Å². The first-order chi connectivity index (χ1) is 9.58. The molecule has 1 aromatic carbocycles. The highest BCUT2D eigenvalue weighted by atomic mass is 16.4. The fraction of sp³-hybridized carbons (Fsp3) is 0.467. The fourth-order valence-corrected chi connectivity index (χ4v) is 2.52. The number of carboxylic acid groups (broad SMARTS) is 1. The summed E-state index contributed by atoms with van der Waals surface area (Å²) in [5.41, 5.74) is 1.17. The molecule has 1 aliphatic rings. The third kappa shape index (κ3) is 3.50. The average molecular weight is 276 g/mol. The van der Waals surface area contributed by atoms with Gasteiger partial charge in [0, 0.05) is 19.6 Å². The molecule has 0 spiro atoms. The van der Waals surface area contributed by atoms with E-state index in [1.807, 2.05) is 37.3 Å². The van der Waals surface area contributed by atoms with Gasteiger partial charge in [-0.3, -0.25) is 4.79 Å². The SMILES string of the molecule is C[C@@H]1CN(C(=O)NCCc2ccccc2)C[C@H]1C(=O)O. The summed E-state index contributed by atoms with van der Waals surface area (Å²) in [5.74, 6) is -1.26. The summed E-state index contributed by atoms with van der Waals surface area (Å²) < 4.78 is 0. The molecule has 0 saturated carbocycles.